The maximum absolute atomic E-state index is 5.36. The maximum atomic E-state index is 5.36. The van der Waals surface area contributed by atoms with Gasteiger partial charge in [-0.2, -0.15) is 0 Å². The lowest BCUT2D eigenvalue weighted by molar-refractivity contribution is 0.399. The first-order valence-electron chi connectivity index (χ1n) is 18.4. The van der Waals surface area contributed by atoms with Gasteiger partial charge in [-0.05, 0) is 63.6 Å². The summed E-state index contributed by atoms with van der Waals surface area (Å²) in [7, 11) is 0. The fourth-order valence-corrected chi connectivity index (χ4v) is 8.75. The summed E-state index contributed by atoms with van der Waals surface area (Å²) in [4.78, 5) is 5.36. The van der Waals surface area contributed by atoms with Crippen LogP contribution in [0.3, 0.4) is 0 Å². The van der Waals surface area contributed by atoms with Crippen LogP contribution in [-0.2, 0) is 5.41 Å². The van der Waals surface area contributed by atoms with E-state index in [4.69, 9.17) is 4.99 Å². The monoisotopic (exact) mass is 672 g/mol. The van der Waals surface area contributed by atoms with E-state index in [0.717, 1.165) is 23.5 Å². The predicted molar refractivity (Wildman–Crippen MR) is 216 cm³/mol. The molecule has 4 nitrogen and oxygen atoms in total. The van der Waals surface area contributed by atoms with E-state index in [1.54, 1.807) is 0 Å². The van der Waals surface area contributed by atoms with E-state index in [9.17, 15) is 0 Å². The smallest absolute Gasteiger partial charge is 0.129 e. The van der Waals surface area contributed by atoms with Gasteiger partial charge < -0.3 is 9.88 Å². The Morgan fingerprint density at radius 3 is 2.27 bits per heavy atom. The Kier molecular flexibility index (Phi) is 7.16. The first-order chi connectivity index (χ1) is 25.5. The molecular formula is C48H40N4. The largest absolute Gasteiger partial charge is 0.354 e. The average molecular weight is 673 g/mol. The Morgan fingerprint density at radius 1 is 0.673 bits per heavy atom. The normalized spacial score (nSPS) is 20.0. The summed E-state index contributed by atoms with van der Waals surface area (Å²) in [5, 5.41) is 10.1. The number of nitrogens with one attached hydrogen (secondary N) is 2. The summed E-state index contributed by atoms with van der Waals surface area (Å²) < 4.78 is 2.52. The number of fused-ring (bicyclic) bond motifs is 7. The summed E-state index contributed by atoms with van der Waals surface area (Å²) in [5.41, 5.74) is 13.7. The maximum Gasteiger partial charge on any atom is 0.129 e. The number of nitrogens with zero attached hydrogens (tertiary/aromatic N) is 2. The molecule has 0 saturated carbocycles. The Labute approximate surface area is 304 Å². The minimum atomic E-state index is -0.223. The highest BCUT2D eigenvalue weighted by Gasteiger charge is 2.37. The van der Waals surface area contributed by atoms with Crippen molar-refractivity contribution in [2.45, 2.75) is 38.0 Å². The molecule has 10 rings (SSSR count). The van der Waals surface area contributed by atoms with Gasteiger partial charge in [-0.1, -0.05) is 159 Å². The van der Waals surface area contributed by atoms with Crippen LogP contribution in [0.2, 0.25) is 0 Å². The van der Waals surface area contributed by atoms with Crippen LogP contribution in [0.15, 0.2) is 169 Å². The summed E-state index contributed by atoms with van der Waals surface area (Å²) in [6.45, 7) is 4.73. The van der Waals surface area contributed by atoms with Crippen LogP contribution in [0.25, 0.3) is 49.7 Å². The molecule has 4 heteroatoms. The van der Waals surface area contributed by atoms with E-state index in [1.807, 2.05) is 0 Å². The number of allylic oxidation sites excluding steroid dienone is 3. The molecular weight excluding hydrogens is 633 g/mol. The molecule has 3 unspecified atom stereocenters. The van der Waals surface area contributed by atoms with Crippen molar-refractivity contribution in [2.75, 3.05) is 0 Å². The predicted octanol–water partition coefficient (Wildman–Crippen LogP) is 11.2. The van der Waals surface area contributed by atoms with Crippen LogP contribution in [0, 0.1) is 5.92 Å². The van der Waals surface area contributed by atoms with Crippen LogP contribution >= 0.6 is 0 Å². The molecule has 2 heterocycles. The second kappa shape index (κ2) is 12.1. The van der Waals surface area contributed by atoms with Gasteiger partial charge in [0.2, 0.25) is 0 Å². The zero-order chi connectivity index (χ0) is 34.8. The SMILES string of the molecule is CC1(C)c2ccccc2-c2c1ccc1c3ccc(-c4ccccc4)cc3n(-c3cccc(C4N=C(C5C=CC=CC5)NC(c5ccccc5)N4)c3)c21. The Balaban J connectivity index is 1.20. The van der Waals surface area contributed by atoms with Crippen molar-refractivity contribution in [2.24, 2.45) is 10.9 Å². The molecule has 0 radical (unpaired) electrons. The van der Waals surface area contributed by atoms with E-state index in [-0.39, 0.29) is 23.7 Å². The molecule has 2 aliphatic carbocycles. The van der Waals surface area contributed by atoms with Gasteiger partial charge >= 0.3 is 0 Å². The Bertz CT molecular complexity index is 2590. The first kappa shape index (κ1) is 30.8. The number of hydrogen-bond acceptors (Lipinski definition) is 3. The lowest BCUT2D eigenvalue weighted by Crippen LogP contribution is -2.47. The van der Waals surface area contributed by atoms with Gasteiger partial charge in [-0.25, -0.2) is 4.99 Å². The van der Waals surface area contributed by atoms with E-state index in [1.165, 1.54) is 60.8 Å². The zero-order valence-corrected chi connectivity index (χ0v) is 29.4. The number of rotatable bonds is 5. The second-order valence-electron chi connectivity index (χ2n) is 14.8. The van der Waals surface area contributed by atoms with E-state index in [0.29, 0.717) is 0 Å². The summed E-state index contributed by atoms with van der Waals surface area (Å²) in [6.07, 6.45) is 9.40. The molecule has 52 heavy (non-hydrogen) atoms. The van der Waals surface area contributed by atoms with Gasteiger partial charge in [0.25, 0.3) is 0 Å². The number of hydrogen-bond donors (Lipinski definition) is 2. The molecule has 7 aromatic rings. The number of benzene rings is 6. The molecule has 0 amide bonds. The molecule has 0 saturated heterocycles. The lowest BCUT2D eigenvalue weighted by atomic mass is 9.82. The zero-order valence-electron chi connectivity index (χ0n) is 29.4. The van der Waals surface area contributed by atoms with Crippen molar-refractivity contribution in [1.82, 2.24) is 15.2 Å². The summed E-state index contributed by atoms with van der Waals surface area (Å²) >= 11 is 0. The van der Waals surface area contributed by atoms with Crippen LogP contribution in [0.5, 0.6) is 0 Å². The molecule has 0 spiro atoms. The van der Waals surface area contributed by atoms with Crippen LogP contribution < -0.4 is 10.6 Å². The highest BCUT2D eigenvalue weighted by Crippen LogP contribution is 2.53. The molecule has 1 aromatic heterocycles. The summed E-state index contributed by atoms with van der Waals surface area (Å²) in [5.74, 6) is 1.23. The lowest BCUT2D eigenvalue weighted by Gasteiger charge is -2.34. The van der Waals surface area contributed by atoms with E-state index in [2.05, 4.69) is 193 Å². The second-order valence-corrected chi connectivity index (χ2v) is 14.8. The third-order valence-electron chi connectivity index (χ3n) is 11.4. The average Bonchev–Trinajstić information content (AvgIpc) is 3.67. The van der Waals surface area contributed by atoms with Crippen LogP contribution in [0.1, 0.15) is 54.9 Å². The van der Waals surface area contributed by atoms with Gasteiger partial charge in [0.05, 0.1) is 11.0 Å². The van der Waals surface area contributed by atoms with Crippen molar-refractivity contribution in [1.29, 1.82) is 0 Å². The fraction of sp³-hybridized carbons (Fsp3) is 0.146. The van der Waals surface area contributed by atoms with Crippen molar-refractivity contribution >= 4 is 27.6 Å². The fourth-order valence-electron chi connectivity index (χ4n) is 8.75. The highest BCUT2D eigenvalue weighted by molar-refractivity contribution is 6.16. The topological polar surface area (TPSA) is 41.4 Å². The molecule has 3 aliphatic rings. The number of aromatic nitrogens is 1. The van der Waals surface area contributed by atoms with Gasteiger partial charge in [-0.15, -0.1) is 0 Å². The minimum Gasteiger partial charge on any atom is -0.354 e. The van der Waals surface area contributed by atoms with Gasteiger partial charge in [0.1, 0.15) is 18.2 Å². The standard InChI is InChI=1S/C48H40N4/c1-48(2)40-24-13-12-23-39(40)43-41(48)28-27-38-37-26-25-34(31-15-6-3-7-16-31)30-42(37)52(44(38)43)36-22-14-21-35(29-36)47-50-45(32-17-8-4-9-18-32)49-46(51-47)33-19-10-5-11-20-33/h3-19,21-30,33,45,47,50H,20H2,1-2H3,(H,49,51). The summed E-state index contributed by atoms with van der Waals surface area (Å²) in [6, 6.07) is 51.1. The van der Waals surface area contributed by atoms with E-state index >= 15 is 0 Å². The molecule has 252 valence electrons. The molecule has 0 fully saturated rings. The molecule has 6 aromatic carbocycles. The first-order valence-corrected chi connectivity index (χ1v) is 18.4. The minimum absolute atomic E-state index is 0.0645. The highest BCUT2D eigenvalue weighted by atomic mass is 15.3. The molecule has 3 atom stereocenters. The van der Waals surface area contributed by atoms with Gasteiger partial charge in [-0.3, -0.25) is 5.32 Å². The molecule has 0 bridgehead atoms. The third-order valence-corrected chi connectivity index (χ3v) is 11.4. The Hall–Kier alpha value is -5.97. The number of aliphatic imine (C=N–C) groups is 1. The van der Waals surface area contributed by atoms with Crippen molar-refractivity contribution in [3.05, 3.63) is 186 Å². The number of amidine groups is 1. The molecule has 1 aliphatic heterocycles. The van der Waals surface area contributed by atoms with E-state index < -0.39 is 0 Å². The van der Waals surface area contributed by atoms with Crippen LogP contribution in [-0.4, -0.2) is 10.4 Å². The quantitative estimate of drug-likeness (QED) is 0.191. The van der Waals surface area contributed by atoms with Gasteiger partial charge in [0.15, 0.2) is 0 Å². The Morgan fingerprint density at radius 2 is 1.44 bits per heavy atom. The van der Waals surface area contributed by atoms with Crippen LogP contribution in [0.4, 0.5) is 0 Å². The third kappa shape index (κ3) is 4.90. The van der Waals surface area contributed by atoms with Gasteiger partial charge in [0, 0.05) is 33.4 Å². The van der Waals surface area contributed by atoms with Crippen molar-refractivity contribution in [3.63, 3.8) is 0 Å². The van der Waals surface area contributed by atoms with Crippen molar-refractivity contribution in [3.8, 4) is 27.9 Å². The van der Waals surface area contributed by atoms with Crippen molar-refractivity contribution < 1.29 is 0 Å². The molecule has 2 N–H and O–H groups in total.